The third-order valence-electron chi connectivity index (χ3n) is 4.35. The highest BCUT2D eigenvalue weighted by molar-refractivity contribution is 7.89. The van der Waals surface area contributed by atoms with E-state index in [9.17, 15) is 13.2 Å². The molecule has 3 aromatic rings. The predicted molar refractivity (Wildman–Crippen MR) is 112 cm³/mol. The van der Waals surface area contributed by atoms with Crippen molar-refractivity contribution < 1.29 is 27.2 Å². The first-order valence-corrected chi connectivity index (χ1v) is 10.6. The molecule has 0 aliphatic heterocycles. The van der Waals surface area contributed by atoms with Gasteiger partial charge in [0, 0.05) is 25.2 Å². The number of aromatic nitrogens is 2. The van der Waals surface area contributed by atoms with E-state index in [0.29, 0.717) is 28.6 Å². The second kappa shape index (κ2) is 9.14. The number of hydrogen-bond acceptors (Lipinski definition) is 8. The number of hydrogen-bond donors (Lipinski definition) is 1. The molecular weight excluding hydrogens is 424 g/mol. The van der Waals surface area contributed by atoms with E-state index >= 15 is 0 Å². The van der Waals surface area contributed by atoms with Crippen LogP contribution in [0.5, 0.6) is 11.5 Å². The van der Waals surface area contributed by atoms with Gasteiger partial charge in [0.2, 0.25) is 27.6 Å². The van der Waals surface area contributed by atoms with Crippen LogP contribution in [0.2, 0.25) is 0 Å². The van der Waals surface area contributed by atoms with Gasteiger partial charge in [-0.3, -0.25) is 4.79 Å². The van der Waals surface area contributed by atoms with Gasteiger partial charge in [0.15, 0.2) is 11.5 Å². The molecule has 0 radical (unpaired) electrons. The highest BCUT2D eigenvalue weighted by atomic mass is 32.2. The van der Waals surface area contributed by atoms with Gasteiger partial charge in [0.25, 0.3) is 0 Å². The normalized spacial score (nSPS) is 11.4. The highest BCUT2D eigenvalue weighted by Gasteiger charge is 2.23. The van der Waals surface area contributed by atoms with Crippen LogP contribution < -0.4 is 14.8 Å². The monoisotopic (exact) mass is 446 g/mol. The van der Waals surface area contributed by atoms with E-state index in [1.54, 1.807) is 18.2 Å². The number of nitrogens with zero attached hydrogens (tertiary/aromatic N) is 3. The van der Waals surface area contributed by atoms with Crippen LogP contribution in [0, 0.1) is 0 Å². The quantitative estimate of drug-likeness (QED) is 0.560. The first-order chi connectivity index (χ1) is 14.7. The fraction of sp³-hybridized carbons (Fsp3) is 0.250. The SMILES string of the molecule is COc1ccc(-c2noc(CN(C)S(=O)(=O)c3ccc(NC(C)=O)cc3)n2)cc1OC. The van der Waals surface area contributed by atoms with Crippen molar-refractivity contribution in [2.24, 2.45) is 0 Å². The minimum absolute atomic E-state index is 0.0729. The Morgan fingerprint density at radius 3 is 2.39 bits per heavy atom. The second-order valence-electron chi connectivity index (χ2n) is 6.55. The predicted octanol–water partition coefficient (Wildman–Crippen LogP) is 2.53. The van der Waals surface area contributed by atoms with Gasteiger partial charge in [-0.15, -0.1) is 0 Å². The van der Waals surface area contributed by atoms with Crippen molar-refractivity contribution in [3.63, 3.8) is 0 Å². The summed E-state index contributed by atoms with van der Waals surface area (Å²) in [5.74, 6) is 1.25. The summed E-state index contributed by atoms with van der Waals surface area (Å²) in [6.45, 7) is 1.26. The van der Waals surface area contributed by atoms with E-state index in [-0.39, 0.29) is 23.2 Å². The Kier molecular flexibility index (Phi) is 6.56. The number of sulfonamides is 1. The molecular formula is C20H22N4O6S. The molecule has 31 heavy (non-hydrogen) atoms. The maximum atomic E-state index is 12.8. The van der Waals surface area contributed by atoms with Crippen molar-refractivity contribution >= 4 is 21.6 Å². The van der Waals surface area contributed by atoms with E-state index in [1.165, 1.54) is 52.5 Å². The number of rotatable bonds is 8. The lowest BCUT2D eigenvalue weighted by Crippen LogP contribution is -2.26. The Morgan fingerprint density at radius 1 is 1.10 bits per heavy atom. The molecule has 1 N–H and O–H groups in total. The first-order valence-electron chi connectivity index (χ1n) is 9.13. The minimum Gasteiger partial charge on any atom is -0.493 e. The van der Waals surface area contributed by atoms with Gasteiger partial charge in [0.1, 0.15) is 0 Å². The molecule has 0 fully saturated rings. The molecule has 0 unspecified atom stereocenters. The summed E-state index contributed by atoms with van der Waals surface area (Å²) >= 11 is 0. The van der Waals surface area contributed by atoms with Gasteiger partial charge in [-0.2, -0.15) is 9.29 Å². The zero-order valence-electron chi connectivity index (χ0n) is 17.4. The molecule has 0 aliphatic rings. The number of carbonyl (C=O) groups excluding carboxylic acids is 1. The highest BCUT2D eigenvalue weighted by Crippen LogP contribution is 2.31. The van der Waals surface area contributed by atoms with Crippen LogP contribution in [0.25, 0.3) is 11.4 Å². The topological polar surface area (TPSA) is 124 Å². The third kappa shape index (κ3) is 5.01. The molecule has 0 spiro atoms. The van der Waals surface area contributed by atoms with Gasteiger partial charge >= 0.3 is 0 Å². The van der Waals surface area contributed by atoms with E-state index < -0.39 is 10.0 Å². The molecule has 0 atom stereocenters. The average Bonchev–Trinajstić information content (AvgIpc) is 3.21. The summed E-state index contributed by atoms with van der Waals surface area (Å²) < 4.78 is 42.4. The van der Waals surface area contributed by atoms with Gasteiger partial charge in [0.05, 0.1) is 25.7 Å². The molecule has 11 heteroatoms. The van der Waals surface area contributed by atoms with Crippen molar-refractivity contribution in [1.82, 2.24) is 14.4 Å². The molecule has 1 heterocycles. The number of benzene rings is 2. The lowest BCUT2D eigenvalue weighted by molar-refractivity contribution is -0.114. The number of nitrogens with one attached hydrogen (secondary N) is 1. The number of anilines is 1. The smallest absolute Gasteiger partial charge is 0.243 e. The van der Waals surface area contributed by atoms with E-state index in [4.69, 9.17) is 14.0 Å². The summed E-state index contributed by atoms with van der Waals surface area (Å²) in [5, 5.41) is 6.51. The van der Waals surface area contributed by atoms with Crippen molar-refractivity contribution in [2.45, 2.75) is 18.4 Å². The van der Waals surface area contributed by atoms with Crippen molar-refractivity contribution in [3.05, 3.63) is 48.4 Å². The van der Waals surface area contributed by atoms with Crippen molar-refractivity contribution in [3.8, 4) is 22.9 Å². The molecule has 164 valence electrons. The number of carbonyl (C=O) groups is 1. The van der Waals surface area contributed by atoms with Crippen LogP contribution in [0.15, 0.2) is 51.9 Å². The number of methoxy groups -OCH3 is 2. The maximum Gasteiger partial charge on any atom is 0.243 e. The molecule has 0 saturated carbocycles. The Hall–Kier alpha value is -3.44. The minimum atomic E-state index is -3.80. The first kappa shape index (κ1) is 22.2. The van der Waals surface area contributed by atoms with Gasteiger partial charge in [-0.1, -0.05) is 5.16 Å². The van der Waals surface area contributed by atoms with Crippen LogP contribution in [0.4, 0.5) is 5.69 Å². The standard InChI is InChI=1S/C20H22N4O6S/c1-13(25)21-15-6-8-16(9-7-15)31(26,27)24(2)12-19-22-20(23-30-19)14-5-10-17(28-3)18(11-14)29-4/h5-11H,12H2,1-4H3,(H,21,25). The van der Waals surface area contributed by atoms with Crippen molar-refractivity contribution in [2.75, 3.05) is 26.6 Å². The van der Waals surface area contributed by atoms with Gasteiger partial charge in [-0.25, -0.2) is 8.42 Å². The second-order valence-corrected chi connectivity index (χ2v) is 8.59. The van der Waals surface area contributed by atoms with E-state index in [0.717, 1.165) is 4.31 Å². The lowest BCUT2D eigenvalue weighted by Gasteiger charge is -2.15. The number of amides is 1. The lowest BCUT2D eigenvalue weighted by atomic mass is 10.2. The number of ether oxygens (including phenoxy) is 2. The van der Waals surface area contributed by atoms with Crippen LogP contribution in [0.3, 0.4) is 0 Å². The van der Waals surface area contributed by atoms with Gasteiger partial charge in [-0.05, 0) is 42.5 Å². The maximum absolute atomic E-state index is 12.8. The summed E-state index contributed by atoms with van der Waals surface area (Å²) in [7, 11) is 0.668. The molecule has 10 nitrogen and oxygen atoms in total. The van der Waals surface area contributed by atoms with Crippen molar-refractivity contribution in [1.29, 1.82) is 0 Å². The largest absolute Gasteiger partial charge is 0.493 e. The molecule has 0 bridgehead atoms. The molecule has 1 amide bonds. The summed E-state index contributed by atoms with van der Waals surface area (Å²) in [6, 6.07) is 11.0. The third-order valence-corrected chi connectivity index (χ3v) is 6.17. The summed E-state index contributed by atoms with van der Waals surface area (Å²) in [5.41, 5.74) is 1.14. The van der Waals surface area contributed by atoms with Crippen LogP contribution in [-0.2, 0) is 21.4 Å². The average molecular weight is 446 g/mol. The Morgan fingerprint density at radius 2 is 1.77 bits per heavy atom. The molecule has 2 aromatic carbocycles. The Bertz CT molecular complexity index is 1170. The van der Waals surface area contributed by atoms with Crippen LogP contribution in [0.1, 0.15) is 12.8 Å². The molecule has 0 aliphatic carbocycles. The van der Waals surface area contributed by atoms with E-state index in [1.807, 2.05) is 0 Å². The fourth-order valence-electron chi connectivity index (χ4n) is 2.78. The van der Waals surface area contributed by atoms with E-state index in [2.05, 4.69) is 15.5 Å². The molecule has 0 saturated heterocycles. The molecule has 3 rings (SSSR count). The van der Waals surface area contributed by atoms with Crippen LogP contribution >= 0.6 is 0 Å². The van der Waals surface area contributed by atoms with Gasteiger partial charge < -0.3 is 19.3 Å². The summed E-state index contributed by atoms with van der Waals surface area (Å²) in [4.78, 5) is 15.5. The fourth-order valence-corrected chi connectivity index (χ4v) is 3.90. The zero-order valence-corrected chi connectivity index (χ0v) is 18.3. The summed E-state index contributed by atoms with van der Waals surface area (Å²) in [6.07, 6.45) is 0. The Balaban J connectivity index is 1.76. The Labute approximate surface area is 179 Å². The van der Waals surface area contributed by atoms with Crippen LogP contribution in [-0.4, -0.2) is 50.0 Å². The molecule has 1 aromatic heterocycles. The zero-order chi connectivity index (χ0) is 22.6.